The average Bonchev–Trinajstić information content (AvgIpc) is 2.17. The van der Waals surface area contributed by atoms with Crippen LogP contribution in [0.15, 0.2) is 24.3 Å². The normalized spacial score (nSPS) is 8.67. The van der Waals surface area contributed by atoms with Crippen molar-refractivity contribution in [2.24, 2.45) is 0 Å². The smallest absolute Gasteiger partial charge is 0.337 e. The van der Waals surface area contributed by atoms with E-state index in [9.17, 15) is 4.79 Å². The standard InChI is InChI=1S/C9H7NO2/c1-10-8-5-3-7(4-6-8)9(11)12-2/h3-6H,2H3. The highest BCUT2D eigenvalue weighted by atomic mass is 16.5. The van der Waals surface area contributed by atoms with E-state index in [1.54, 1.807) is 24.3 Å². The van der Waals surface area contributed by atoms with Crippen molar-refractivity contribution < 1.29 is 9.53 Å². The van der Waals surface area contributed by atoms with E-state index in [1.807, 2.05) is 0 Å². The minimum absolute atomic E-state index is 0.383. The summed E-state index contributed by atoms with van der Waals surface area (Å²) in [6, 6.07) is 6.30. The predicted molar refractivity (Wildman–Crippen MR) is 44.0 cm³/mol. The lowest BCUT2D eigenvalue weighted by molar-refractivity contribution is 0.0601. The van der Waals surface area contributed by atoms with Crippen molar-refractivity contribution in [3.05, 3.63) is 41.2 Å². The van der Waals surface area contributed by atoms with Crippen molar-refractivity contribution in [2.45, 2.75) is 0 Å². The van der Waals surface area contributed by atoms with Crippen LogP contribution in [0.25, 0.3) is 4.85 Å². The highest BCUT2D eigenvalue weighted by Crippen LogP contribution is 2.12. The van der Waals surface area contributed by atoms with Gasteiger partial charge >= 0.3 is 5.97 Å². The van der Waals surface area contributed by atoms with Gasteiger partial charge in [0.15, 0.2) is 5.69 Å². The number of methoxy groups -OCH3 is 1. The third kappa shape index (κ3) is 1.61. The molecule has 1 aromatic rings. The largest absolute Gasteiger partial charge is 0.465 e. The predicted octanol–water partition coefficient (Wildman–Crippen LogP) is 2.02. The summed E-state index contributed by atoms with van der Waals surface area (Å²) in [7, 11) is 1.32. The molecule has 0 aliphatic heterocycles. The zero-order valence-corrected chi connectivity index (χ0v) is 6.57. The van der Waals surface area contributed by atoms with Gasteiger partial charge in [-0.2, -0.15) is 0 Å². The molecule has 0 amide bonds. The molecule has 0 aromatic heterocycles. The number of nitrogens with zero attached hydrogens (tertiary/aromatic N) is 1. The molecule has 12 heavy (non-hydrogen) atoms. The van der Waals surface area contributed by atoms with Crippen molar-refractivity contribution in [2.75, 3.05) is 7.11 Å². The van der Waals surface area contributed by atoms with Crippen LogP contribution in [0.3, 0.4) is 0 Å². The van der Waals surface area contributed by atoms with Gasteiger partial charge in [0.25, 0.3) is 0 Å². The van der Waals surface area contributed by atoms with Gasteiger partial charge in [-0.25, -0.2) is 9.64 Å². The van der Waals surface area contributed by atoms with E-state index >= 15 is 0 Å². The summed E-state index contributed by atoms with van der Waals surface area (Å²) in [6.45, 7) is 6.68. The van der Waals surface area contributed by atoms with Gasteiger partial charge in [0.1, 0.15) is 0 Å². The van der Waals surface area contributed by atoms with Gasteiger partial charge in [-0.3, -0.25) is 0 Å². The molecule has 0 heterocycles. The third-order valence-corrected chi connectivity index (χ3v) is 1.42. The zero-order valence-electron chi connectivity index (χ0n) is 6.57. The molecule has 0 atom stereocenters. The monoisotopic (exact) mass is 161 g/mol. The van der Waals surface area contributed by atoms with Gasteiger partial charge < -0.3 is 4.74 Å². The first-order valence-electron chi connectivity index (χ1n) is 3.34. The Bertz CT molecular complexity index is 321. The summed E-state index contributed by atoms with van der Waals surface area (Å²) in [4.78, 5) is 14.1. The van der Waals surface area contributed by atoms with Crippen LogP contribution < -0.4 is 0 Å². The fourth-order valence-electron chi connectivity index (χ4n) is 0.790. The molecule has 0 fully saturated rings. The number of carbonyl (C=O) groups is 1. The highest BCUT2D eigenvalue weighted by Gasteiger charge is 2.02. The first-order chi connectivity index (χ1) is 5.77. The second kappa shape index (κ2) is 3.54. The Kier molecular flexibility index (Phi) is 2.44. The van der Waals surface area contributed by atoms with Gasteiger partial charge in [0.2, 0.25) is 0 Å². The van der Waals surface area contributed by atoms with E-state index in [1.165, 1.54) is 7.11 Å². The van der Waals surface area contributed by atoms with Gasteiger partial charge in [-0.1, -0.05) is 24.3 Å². The molecule has 3 heteroatoms. The lowest BCUT2D eigenvalue weighted by Crippen LogP contribution is -1.99. The Morgan fingerprint density at radius 1 is 1.42 bits per heavy atom. The first-order valence-corrected chi connectivity index (χ1v) is 3.34. The van der Waals surface area contributed by atoms with Gasteiger partial charge in [-0.05, 0) is 0 Å². The highest BCUT2D eigenvalue weighted by molar-refractivity contribution is 5.89. The van der Waals surface area contributed by atoms with E-state index in [0.717, 1.165) is 0 Å². The van der Waals surface area contributed by atoms with E-state index in [4.69, 9.17) is 6.57 Å². The molecule has 0 aliphatic carbocycles. The fraction of sp³-hybridized carbons (Fsp3) is 0.111. The molecule has 0 radical (unpaired) electrons. The summed E-state index contributed by atoms with van der Waals surface area (Å²) in [5.74, 6) is -0.383. The maximum absolute atomic E-state index is 10.9. The van der Waals surface area contributed by atoms with E-state index in [2.05, 4.69) is 9.58 Å². The Morgan fingerprint density at radius 3 is 2.42 bits per heavy atom. The molecule has 1 rings (SSSR count). The van der Waals surface area contributed by atoms with Crippen LogP contribution in [0.4, 0.5) is 5.69 Å². The SMILES string of the molecule is [C-]#[N+]c1ccc(C(=O)OC)cc1. The Hall–Kier alpha value is -1.82. The maximum Gasteiger partial charge on any atom is 0.337 e. The lowest BCUT2D eigenvalue weighted by atomic mass is 10.2. The molecule has 0 N–H and O–H groups in total. The van der Waals surface area contributed by atoms with Gasteiger partial charge in [0, 0.05) is 0 Å². The Balaban J connectivity index is 2.94. The van der Waals surface area contributed by atoms with Crippen molar-refractivity contribution in [1.29, 1.82) is 0 Å². The first kappa shape index (κ1) is 8.28. The van der Waals surface area contributed by atoms with Crippen molar-refractivity contribution in [3.63, 3.8) is 0 Å². The molecule has 0 aliphatic rings. The number of ether oxygens (including phenoxy) is 1. The Labute approximate surface area is 70.4 Å². The zero-order chi connectivity index (χ0) is 8.97. The number of hydrogen-bond acceptors (Lipinski definition) is 2. The minimum atomic E-state index is -0.383. The van der Waals surface area contributed by atoms with Crippen LogP contribution in [-0.2, 0) is 4.74 Å². The molecule has 0 unspecified atom stereocenters. The van der Waals surface area contributed by atoms with Crippen LogP contribution >= 0.6 is 0 Å². The van der Waals surface area contributed by atoms with Gasteiger partial charge in [0.05, 0.1) is 19.2 Å². The van der Waals surface area contributed by atoms with Gasteiger partial charge in [-0.15, -0.1) is 0 Å². The quantitative estimate of drug-likeness (QED) is 0.466. The summed E-state index contributed by atoms with van der Waals surface area (Å²) in [5.41, 5.74) is 0.979. The molecular weight excluding hydrogens is 154 g/mol. The van der Waals surface area contributed by atoms with Crippen molar-refractivity contribution in [1.82, 2.24) is 0 Å². The van der Waals surface area contributed by atoms with E-state index in [-0.39, 0.29) is 5.97 Å². The van der Waals surface area contributed by atoms with Crippen molar-refractivity contribution >= 4 is 11.7 Å². The number of carbonyl (C=O) groups excluding carboxylic acids is 1. The molecule has 0 saturated carbocycles. The van der Waals surface area contributed by atoms with E-state index < -0.39 is 0 Å². The molecule has 0 saturated heterocycles. The number of hydrogen-bond donors (Lipinski definition) is 0. The van der Waals surface area contributed by atoms with E-state index in [0.29, 0.717) is 11.3 Å². The molecular formula is C9H7NO2. The number of rotatable bonds is 1. The van der Waals surface area contributed by atoms with Crippen LogP contribution in [0, 0.1) is 6.57 Å². The van der Waals surface area contributed by atoms with Crippen molar-refractivity contribution in [3.8, 4) is 0 Å². The number of esters is 1. The second-order valence-electron chi connectivity index (χ2n) is 2.15. The summed E-state index contributed by atoms with van der Waals surface area (Å²) >= 11 is 0. The minimum Gasteiger partial charge on any atom is -0.465 e. The molecule has 3 nitrogen and oxygen atoms in total. The van der Waals surface area contributed by atoms with Crippen LogP contribution in [0.5, 0.6) is 0 Å². The molecule has 60 valence electrons. The number of benzene rings is 1. The van der Waals surface area contributed by atoms with Crippen LogP contribution in [0.1, 0.15) is 10.4 Å². The lowest BCUT2D eigenvalue weighted by Gasteiger charge is -1.97. The second-order valence-corrected chi connectivity index (χ2v) is 2.15. The summed E-state index contributed by atoms with van der Waals surface area (Å²) in [5, 5.41) is 0. The third-order valence-electron chi connectivity index (χ3n) is 1.42. The summed E-state index contributed by atoms with van der Waals surface area (Å²) in [6.07, 6.45) is 0. The summed E-state index contributed by atoms with van der Waals surface area (Å²) < 4.78 is 4.49. The Morgan fingerprint density at radius 2 is 2.00 bits per heavy atom. The average molecular weight is 161 g/mol. The van der Waals surface area contributed by atoms with Crippen LogP contribution in [0.2, 0.25) is 0 Å². The maximum atomic E-state index is 10.9. The fourth-order valence-corrected chi connectivity index (χ4v) is 0.790. The molecule has 0 bridgehead atoms. The topological polar surface area (TPSA) is 30.7 Å². The molecule has 0 spiro atoms. The molecule has 1 aromatic carbocycles. The van der Waals surface area contributed by atoms with Crippen LogP contribution in [-0.4, -0.2) is 13.1 Å².